The molecular formula is C15H17NO2. The highest BCUT2D eigenvalue weighted by Gasteiger charge is 2.20. The molecule has 2 N–H and O–H groups in total. The molecule has 0 aliphatic carbocycles. The van der Waals surface area contributed by atoms with Crippen LogP contribution < -0.4 is 5.32 Å². The Morgan fingerprint density at radius 2 is 1.94 bits per heavy atom. The minimum atomic E-state index is -0.834. The molecule has 0 fully saturated rings. The van der Waals surface area contributed by atoms with E-state index in [0.29, 0.717) is 6.54 Å². The van der Waals surface area contributed by atoms with E-state index in [2.05, 4.69) is 5.32 Å². The average molecular weight is 243 g/mol. The first-order valence-electron chi connectivity index (χ1n) is 6.18. The van der Waals surface area contributed by atoms with Gasteiger partial charge in [-0.2, -0.15) is 0 Å². The molecule has 0 aliphatic rings. The predicted molar refractivity (Wildman–Crippen MR) is 72.6 cm³/mol. The fourth-order valence-corrected chi connectivity index (χ4v) is 2.12. The van der Waals surface area contributed by atoms with E-state index in [-0.39, 0.29) is 0 Å². The summed E-state index contributed by atoms with van der Waals surface area (Å²) in [5.74, 6) is -0.834. The number of rotatable bonds is 5. The molecule has 0 saturated heterocycles. The maximum atomic E-state index is 11.4. The maximum absolute atomic E-state index is 11.4. The number of aliphatic carboxylic acids is 1. The van der Waals surface area contributed by atoms with Gasteiger partial charge in [0.05, 0.1) is 0 Å². The van der Waals surface area contributed by atoms with Crippen LogP contribution in [-0.2, 0) is 4.79 Å². The summed E-state index contributed by atoms with van der Waals surface area (Å²) < 4.78 is 0. The Balaban J connectivity index is 2.46. The van der Waals surface area contributed by atoms with Crippen molar-refractivity contribution in [2.24, 2.45) is 0 Å². The Morgan fingerprint density at radius 1 is 1.22 bits per heavy atom. The first kappa shape index (κ1) is 12.6. The third-order valence-corrected chi connectivity index (χ3v) is 2.98. The Hall–Kier alpha value is -1.87. The van der Waals surface area contributed by atoms with E-state index >= 15 is 0 Å². The van der Waals surface area contributed by atoms with Crippen LogP contribution in [0.4, 0.5) is 0 Å². The average Bonchev–Trinajstić information content (AvgIpc) is 2.39. The lowest BCUT2D eigenvalue weighted by Crippen LogP contribution is -2.29. The van der Waals surface area contributed by atoms with Crippen LogP contribution in [-0.4, -0.2) is 17.6 Å². The van der Waals surface area contributed by atoms with Crippen LogP contribution in [0.2, 0.25) is 0 Å². The molecule has 2 rings (SSSR count). The fourth-order valence-electron chi connectivity index (χ4n) is 2.12. The Bertz CT molecular complexity index is 546. The van der Waals surface area contributed by atoms with Crippen molar-refractivity contribution >= 4 is 16.7 Å². The van der Waals surface area contributed by atoms with Crippen LogP contribution in [0.1, 0.15) is 24.9 Å². The molecule has 2 aromatic rings. The number of carboxylic acid groups (broad SMARTS) is 1. The molecule has 3 nitrogen and oxygen atoms in total. The number of hydrogen-bond donors (Lipinski definition) is 2. The number of carbonyl (C=O) groups is 1. The van der Waals surface area contributed by atoms with Gasteiger partial charge in [0.15, 0.2) is 0 Å². The summed E-state index contributed by atoms with van der Waals surface area (Å²) in [5, 5.41) is 14.5. The van der Waals surface area contributed by atoms with Crippen molar-refractivity contribution in [2.75, 3.05) is 6.54 Å². The highest BCUT2D eigenvalue weighted by Crippen LogP contribution is 2.24. The fraction of sp³-hybridized carbons (Fsp3) is 0.267. The van der Waals surface area contributed by atoms with Crippen LogP contribution in [0.5, 0.6) is 0 Å². The summed E-state index contributed by atoms with van der Waals surface area (Å²) in [6.07, 6.45) is 0.911. The molecule has 2 aromatic carbocycles. The molecule has 18 heavy (non-hydrogen) atoms. The van der Waals surface area contributed by atoms with Gasteiger partial charge < -0.3 is 10.4 Å². The highest BCUT2D eigenvalue weighted by atomic mass is 16.4. The van der Waals surface area contributed by atoms with Gasteiger partial charge in [-0.25, -0.2) is 0 Å². The quantitative estimate of drug-likeness (QED) is 0.848. The second-order valence-electron chi connectivity index (χ2n) is 4.29. The zero-order chi connectivity index (χ0) is 13.0. The molecule has 0 saturated carbocycles. The van der Waals surface area contributed by atoms with Gasteiger partial charge in [0, 0.05) is 0 Å². The minimum absolute atomic E-state index is 0.643. The largest absolute Gasteiger partial charge is 0.480 e. The summed E-state index contributed by atoms with van der Waals surface area (Å²) in [5.41, 5.74) is 0.828. The van der Waals surface area contributed by atoms with Crippen molar-refractivity contribution in [3.63, 3.8) is 0 Å². The van der Waals surface area contributed by atoms with Crippen LogP contribution in [0.25, 0.3) is 10.8 Å². The number of nitrogens with one attached hydrogen (secondary N) is 1. The Kier molecular flexibility index (Phi) is 3.95. The zero-order valence-corrected chi connectivity index (χ0v) is 10.4. The van der Waals surface area contributed by atoms with Gasteiger partial charge >= 0.3 is 5.97 Å². The van der Waals surface area contributed by atoms with Gasteiger partial charge in [0.25, 0.3) is 0 Å². The van der Waals surface area contributed by atoms with Crippen molar-refractivity contribution in [3.8, 4) is 0 Å². The smallest absolute Gasteiger partial charge is 0.325 e. The van der Waals surface area contributed by atoms with E-state index in [1.165, 1.54) is 0 Å². The minimum Gasteiger partial charge on any atom is -0.480 e. The zero-order valence-electron chi connectivity index (χ0n) is 10.4. The summed E-state index contributed by atoms with van der Waals surface area (Å²) in [6, 6.07) is 13.0. The van der Waals surface area contributed by atoms with Gasteiger partial charge in [-0.3, -0.25) is 4.79 Å². The topological polar surface area (TPSA) is 49.3 Å². The first-order chi connectivity index (χ1) is 8.74. The predicted octanol–water partition coefficient (Wildman–Crippen LogP) is 2.97. The van der Waals surface area contributed by atoms with E-state index in [4.69, 9.17) is 0 Å². The molecular weight excluding hydrogens is 226 g/mol. The molecule has 0 bridgehead atoms. The van der Waals surface area contributed by atoms with Crippen molar-refractivity contribution in [1.29, 1.82) is 0 Å². The van der Waals surface area contributed by atoms with Gasteiger partial charge in [-0.1, -0.05) is 49.4 Å². The Morgan fingerprint density at radius 3 is 2.67 bits per heavy atom. The number of hydrogen-bond acceptors (Lipinski definition) is 2. The van der Waals surface area contributed by atoms with Crippen molar-refractivity contribution in [3.05, 3.63) is 48.0 Å². The first-order valence-corrected chi connectivity index (χ1v) is 6.18. The summed E-state index contributed by atoms with van der Waals surface area (Å²) in [6.45, 7) is 2.72. The van der Waals surface area contributed by atoms with Crippen LogP contribution >= 0.6 is 0 Å². The summed E-state index contributed by atoms with van der Waals surface area (Å²) in [4.78, 5) is 11.4. The molecule has 0 spiro atoms. The molecule has 0 amide bonds. The summed E-state index contributed by atoms with van der Waals surface area (Å²) >= 11 is 0. The molecule has 0 radical (unpaired) electrons. The normalized spacial score (nSPS) is 12.5. The SMILES string of the molecule is CCCNC(C(=O)O)c1cccc2ccccc12. The number of fused-ring (bicyclic) bond motifs is 1. The lowest BCUT2D eigenvalue weighted by molar-refractivity contribution is -0.139. The third-order valence-electron chi connectivity index (χ3n) is 2.98. The van der Waals surface area contributed by atoms with Crippen LogP contribution in [0.15, 0.2) is 42.5 Å². The lowest BCUT2D eigenvalue weighted by atomic mass is 9.98. The summed E-state index contributed by atoms with van der Waals surface area (Å²) in [7, 11) is 0. The van der Waals surface area contributed by atoms with Crippen molar-refractivity contribution in [2.45, 2.75) is 19.4 Å². The second kappa shape index (κ2) is 5.65. The van der Waals surface area contributed by atoms with Gasteiger partial charge in [0.2, 0.25) is 0 Å². The molecule has 0 aromatic heterocycles. The van der Waals surface area contributed by atoms with Crippen molar-refractivity contribution < 1.29 is 9.90 Å². The van der Waals surface area contributed by atoms with E-state index in [9.17, 15) is 9.90 Å². The molecule has 0 aliphatic heterocycles. The molecule has 1 unspecified atom stereocenters. The van der Waals surface area contributed by atoms with E-state index in [1.54, 1.807) is 0 Å². The third kappa shape index (κ3) is 2.51. The molecule has 0 heterocycles. The molecule has 1 atom stereocenters. The molecule has 94 valence electrons. The van der Waals surface area contributed by atoms with Crippen molar-refractivity contribution in [1.82, 2.24) is 5.32 Å². The van der Waals surface area contributed by atoms with E-state index in [1.807, 2.05) is 49.4 Å². The highest BCUT2D eigenvalue weighted by molar-refractivity contribution is 5.90. The lowest BCUT2D eigenvalue weighted by Gasteiger charge is -2.16. The van der Waals surface area contributed by atoms with E-state index in [0.717, 1.165) is 22.8 Å². The van der Waals surface area contributed by atoms with Gasteiger partial charge in [-0.05, 0) is 29.3 Å². The van der Waals surface area contributed by atoms with E-state index < -0.39 is 12.0 Å². The van der Waals surface area contributed by atoms with Crippen LogP contribution in [0.3, 0.4) is 0 Å². The second-order valence-corrected chi connectivity index (χ2v) is 4.29. The molecule has 3 heteroatoms. The van der Waals surface area contributed by atoms with Gasteiger partial charge in [-0.15, -0.1) is 0 Å². The standard InChI is InChI=1S/C15H17NO2/c1-2-10-16-14(15(17)18)13-9-5-7-11-6-3-4-8-12(11)13/h3-9,14,16H,2,10H2,1H3,(H,17,18). The monoisotopic (exact) mass is 243 g/mol. The number of benzene rings is 2. The number of carboxylic acids is 1. The van der Waals surface area contributed by atoms with Crippen LogP contribution in [0, 0.1) is 0 Å². The maximum Gasteiger partial charge on any atom is 0.325 e. The Labute approximate surface area is 106 Å². The van der Waals surface area contributed by atoms with Gasteiger partial charge in [0.1, 0.15) is 6.04 Å².